The Morgan fingerprint density at radius 3 is 2.92 bits per heavy atom. The monoisotopic (exact) mass is 361 g/mol. The average Bonchev–Trinajstić information content (AvgIpc) is 3.10. The maximum atomic E-state index is 10.3. The van der Waals surface area contributed by atoms with Crippen LogP contribution in [0.3, 0.4) is 0 Å². The molecule has 0 aromatic heterocycles. The van der Waals surface area contributed by atoms with Gasteiger partial charge in [-0.05, 0) is 43.9 Å². The lowest BCUT2D eigenvalue weighted by atomic mass is 9.73. The van der Waals surface area contributed by atoms with E-state index in [1.54, 1.807) is 0 Å². The third kappa shape index (κ3) is 4.61. The Hall–Kier alpha value is -1.95. The van der Waals surface area contributed by atoms with Gasteiger partial charge in [0.1, 0.15) is 0 Å². The molecule has 0 radical (unpaired) electrons. The second kappa shape index (κ2) is 8.62. The molecule has 3 rings (SSSR count). The van der Waals surface area contributed by atoms with Crippen LogP contribution >= 0.6 is 0 Å². The molecule has 0 amide bonds. The lowest BCUT2D eigenvalue weighted by molar-refractivity contribution is 0.00716. The molecule has 1 aromatic carbocycles. The van der Waals surface area contributed by atoms with E-state index in [9.17, 15) is 5.11 Å². The third-order valence-corrected chi connectivity index (χ3v) is 5.37. The molecule has 6 nitrogen and oxygen atoms in total. The zero-order valence-corrected chi connectivity index (χ0v) is 15.9. The minimum atomic E-state index is -0.253. The topological polar surface area (TPSA) is 75.1 Å². The summed E-state index contributed by atoms with van der Waals surface area (Å²) in [5, 5.41) is 17.0. The molecule has 1 fully saturated rings. The van der Waals surface area contributed by atoms with Gasteiger partial charge >= 0.3 is 0 Å². The Balaban J connectivity index is 1.53. The molecule has 1 aliphatic carbocycles. The highest BCUT2D eigenvalue weighted by Crippen LogP contribution is 2.36. The van der Waals surface area contributed by atoms with Crippen LogP contribution in [-0.4, -0.2) is 43.6 Å². The van der Waals surface area contributed by atoms with Crippen molar-refractivity contribution in [3.05, 3.63) is 23.8 Å². The molecule has 1 heterocycles. The van der Waals surface area contributed by atoms with Crippen LogP contribution in [0.5, 0.6) is 11.5 Å². The molecule has 3 N–H and O–H groups in total. The van der Waals surface area contributed by atoms with Crippen molar-refractivity contribution in [1.82, 2.24) is 10.6 Å². The molecule has 0 spiro atoms. The highest BCUT2D eigenvalue weighted by atomic mass is 16.7. The highest BCUT2D eigenvalue weighted by molar-refractivity contribution is 5.79. The summed E-state index contributed by atoms with van der Waals surface area (Å²) >= 11 is 0. The quantitative estimate of drug-likeness (QED) is 0.536. The van der Waals surface area contributed by atoms with E-state index in [1.807, 2.05) is 12.1 Å². The van der Waals surface area contributed by atoms with Crippen molar-refractivity contribution in [3.8, 4) is 11.5 Å². The first-order chi connectivity index (χ1) is 12.6. The van der Waals surface area contributed by atoms with E-state index in [4.69, 9.17) is 14.5 Å². The lowest BCUT2D eigenvalue weighted by Crippen LogP contribution is -2.42. The Morgan fingerprint density at radius 1 is 1.27 bits per heavy atom. The van der Waals surface area contributed by atoms with Gasteiger partial charge in [0.15, 0.2) is 17.5 Å². The molecule has 1 aromatic rings. The van der Waals surface area contributed by atoms with Crippen molar-refractivity contribution in [2.45, 2.75) is 52.1 Å². The van der Waals surface area contributed by atoms with Gasteiger partial charge in [-0.25, -0.2) is 0 Å². The van der Waals surface area contributed by atoms with Gasteiger partial charge in [0.05, 0.1) is 12.6 Å². The number of fused-ring (bicyclic) bond motifs is 1. The predicted molar refractivity (Wildman–Crippen MR) is 103 cm³/mol. The summed E-state index contributed by atoms with van der Waals surface area (Å²) in [6.07, 6.45) is 4.84. The van der Waals surface area contributed by atoms with Crippen molar-refractivity contribution in [2.24, 2.45) is 10.4 Å². The van der Waals surface area contributed by atoms with Gasteiger partial charge in [-0.1, -0.05) is 25.8 Å². The number of hydrogen-bond acceptors (Lipinski definition) is 4. The van der Waals surface area contributed by atoms with Crippen LogP contribution in [0.1, 0.15) is 45.1 Å². The summed E-state index contributed by atoms with van der Waals surface area (Å²) in [6.45, 7) is 6.76. The van der Waals surface area contributed by atoms with Crippen LogP contribution < -0.4 is 20.1 Å². The summed E-state index contributed by atoms with van der Waals surface area (Å²) in [5.41, 5.74) is 1.09. The Bertz CT molecular complexity index is 635. The second-order valence-electron chi connectivity index (χ2n) is 7.48. The minimum absolute atomic E-state index is 0.113. The summed E-state index contributed by atoms with van der Waals surface area (Å²) in [4.78, 5) is 4.74. The van der Waals surface area contributed by atoms with E-state index < -0.39 is 0 Å². The number of aliphatic hydroxyl groups excluding tert-OH is 1. The number of ether oxygens (including phenoxy) is 2. The number of benzene rings is 1. The summed E-state index contributed by atoms with van der Waals surface area (Å²) < 4.78 is 10.8. The summed E-state index contributed by atoms with van der Waals surface area (Å²) in [6, 6.07) is 6.06. The molecule has 26 heavy (non-hydrogen) atoms. The number of aliphatic imine (C=N–C) groups is 1. The van der Waals surface area contributed by atoms with Gasteiger partial charge in [0, 0.05) is 18.5 Å². The smallest absolute Gasteiger partial charge is 0.231 e. The van der Waals surface area contributed by atoms with Crippen molar-refractivity contribution in [3.63, 3.8) is 0 Å². The van der Waals surface area contributed by atoms with Crippen LogP contribution in [0.25, 0.3) is 0 Å². The number of rotatable bonds is 6. The van der Waals surface area contributed by atoms with Gasteiger partial charge in [-0.2, -0.15) is 0 Å². The predicted octanol–water partition coefficient (Wildman–Crippen LogP) is 2.45. The molecule has 2 aliphatic rings. The molecule has 0 saturated heterocycles. The highest BCUT2D eigenvalue weighted by Gasteiger charge is 2.35. The standard InChI is InChI=1S/C20H31N3O3/c1-3-21-19(23-13-20(2)10-5-4-6-18(20)24)22-11-9-15-7-8-16-17(12-15)26-14-25-16/h7-8,12,18,24H,3-6,9-11,13-14H2,1-2H3,(H2,21,22,23). The maximum Gasteiger partial charge on any atom is 0.231 e. The van der Waals surface area contributed by atoms with Crippen LogP contribution in [-0.2, 0) is 6.42 Å². The average molecular weight is 361 g/mol. The molecular weight excluding hydrogens is 330 g/mol. The zero-order valence-electron chi connectivity index (χ0n) is 15.9. The molecule has 0 bridgehead atoms. The molecule has 144 valence electrons. The first-order valence-corrected chi connectivity index (χ1v) is 9.69. The third-order valence-electron chi connectivity index (χ3n) is 5.37. The first-order valence-electron chi connectivity index (χ1n) is 9.69. The normalized spacial score (nSPS) is 25.2. The zero-order chi connectivity index (χ0) is 18.4. The van der Waals surface area contributed by atoms with Gasteiger partial charge in [-0.3, -0.25) is 4.99 Å². The van der Waals surface area contributed by atoms with Crippen molar-refractivity contribution < 1.29 is 14.6 Å². The fourth-order valence-electron chi connectivity index (χ4n) is 3.59. The summed E-state index contributed by atoms with van der Waals surface area (Å²) in [7, 11) is 0. The van der Waals surface area contributed by atoms with Crippen LogP contribution in [0.4, 0.5) is 0 Å². The van der Waals surface area contributed by atoms with Crippen molar-refractivity contribution >= 4 is 5.96 Å². The van der Waals surface area contributed by atoms with Gasteiger partial charge < -0.3 is 25.2 Å². The molecule has 1 saturated carbocycles. The number of guanidine groups is 1. The van der Waals surface area contributed by atoms with Crippen LogP contribution in [0.2, 0.25) is 0 Å². The van der Waals surface area contributed by atoms with E-state index in [2.05, 4.69) is 30.5 Å². The molecule has 6 heteroatoms. The SMILES string of the molecule is CCNC(=NCC1(C)CCCCC1O)NCCc1ccc2c(c1)OCO2. The van der Waals surface area contributed by atoms with Crippen LogP contribution in [0.15, 0.2) is 23.2 Å². The van der Waals surface area contributed by atoms with Gasteiger partial charge in [-0.15, -0.1) is 0 Å². The number of hydrogen-bond donors (Lipinski definition) is 3. The Labute approximate surface area is 156 Å². The van der Waals surface area contributed by atoms with Gasteiger partial charge in [0.25, 0.3) is 0 Å². The maximum absolute atomic E-state index is 10.3. The first kappa shape index (κ1) is 18.8. The number of nitrogens with one attached hydrogen (secondary N) is 2. The second-order valence-corrected chi connectivity index (χ2v) is 7.48. The van der Waals surface area contributed by atoms with E-state index >= 15 is 0 Å². The van der Waals surface area contributed by atoms with Gasteiger partial charge in [0.2, 0.25) is 6.79 Å². The van der Waals surface area contributed by atoms with Crippen molar-refractivity contribution in [2.75, 3.05) is 26.4 Å². The Kier molecular flexibility index (Phi) is 6.25. The number of nitrogens with zero attached hydrogens (tertiary/aromatic N) is 1. The van der Waals surface area contributed by atoms with E-state index in [1.165, 1.54) is 12.0 Å². The molecule has 2 unspecified atom stereocenters. The minimum Gasteiger partial charge on any atom is -0.454 e. The largest absolute Gasteiger partial charge is 0.454 e. The van der Waals surface area contributed by atoms with E-state index in [0.29, 0.717) is 13.3 Å². The Morgan fingerprint density at radius 2 is 2.12 bits per heavy atom. The fourth-order valence-corrected chi connectivity index (χ4v) is 3.59. The fraction of sp³-hybridized carbons (Fsp3) is 0.650. The van der Waals surface area contributed by atoms with Crippen LogP contribution in [0, 0.1) is 5.41 Å². The summed E-state index contributed by atoms with van der Waals surface area (Å²) in [5.74, 6) is 2.45. The lowest BCUT2D eigenvalue weighted by Gasteiger charge is -2.37. The molecule has 1 aliphatic heterocycles. The van der Waals surface area contributed by atoms with Crippen molar-refractivity contribution in [1.29, 1.82) is 0 Å². The molecular formula is C20H31N3O3. The van der Waals surface area contributed by atoms with E-state index in [0.717, 1.165) is 56.2 Å². The van der Waals surface area contributed by atoms with E-state index in [-0.39, 0.29) is 11.5 Å². The number of aliphatic hydroxyl groups is 1. The molecule has 2 atom stereocenters.